The number of aromatic hydroxyl groups is 1. The molecule has 1 atom stereocenters. The van der Waals surface area contributed by atoms with Gasteiger partial charge in [0.2, 0.25) is 0 Å². The van der Waals surface area contributed by atoms with Gasteiger partial charge in [-0.05, 0) is 52.4 Å². The predicted octanol–water partition coefficient (Wildman–Crippen LogP) is 3.77. The molecular formula is C12H17BrClNO. The van der Waals surface area contributed by atoms with E-state index in [-0.39, 0.29) is 24.2 Å². The minimum Gasteiger partial charge on any atom is -0.507 e. The summed E-state index contributed by atoms with van der Waals surface area (Å²) in [6.07, 6.45) is 5.08. The molecule has 0 saturated heterocycles. The molecule has 2 rings (SSSR count). The van der Waals surface area contributed by atoms with Crippen molar-refractivity contribution < 1.29 is 5.11 Å². The molecule has 0 heterocycles. The van der Waals surface area contributed by atoms with E-state index >= 15 is 0 Å². The number of rotatable bonds is 2. The van der Waals surface area contributed by atoms with Gasteiger partial charge in [-0.1, -0.05) is 18.9 Å². The molecule has 1 saturated carbocycles. The zero-order chi connectivity index (χ0) is 10.8. The lowest BCUT2D eigenvalue weighted by Gasteiger charge is -2.19. The molecule has 0 bridgehead atoms. The van der Waals surface area contributed by atoms with E-state index in [1.54, 1.807) is 6.07 Å². The first kappa shape index (κ1) is 13.8. The Morgan fingerprint density at radius 1 is 1.31 bits per heavy atom. The molecule has 0 unspecified atom stereocenters. The number of phenols is 1. The molecule has 1 fully saturated rings. The molecule has 0 radical (unpaired) electrons. The van der Waals surface area contributed by atoms with Crippen molar-refractivity contribution in [3.8, 4) is 5.75 Å². The van der Waals surface area contributed by atoms with E-state index in [4.69, 9.17) is 5.73 Å². The van der Waals surface area contributed by atoms with Gasteiger partial charge < -0.3 is 10.8 Å². The van der Waals surface area contributed by atoms with E-state index in [1.165, 1.54) is 25.7 Å². The van der Waals surface area contributed by atoms with E-state index < -0.39 is 0 Å². The van der Waals surface area contributed by atoms with Crippen molar-refractivity contribution in [3.05, 3.63) is 28.2 Å². The maximum absolute atomic E-state index is 9.40. The summed E-state index contributed by atoms with van der Waals surface area (Å²) in [5, 5.41) is 9.40. The Labute approximate surface area is 111 Å². The molecule has 0 spiro atoms. The molecule has 2 nitrogen and oxygen atoms in total. The summed E-state index contributed by atoms with van der Waals surface area (Å²) in [5.41, 5.74) is 7.33. The van der Waals surface area contributed by atoms with Gasteiger partial charge in [-0.25, -0.2) is 0 Å². The van der Waals surface area contributed by atoms with Crippen LogP contribution in [0.5, 0.6) is 5.75 Å². The second kappa shape index (κ2) is 5.89. The Morgan fingerprint density at radius 2 is 1.94 bits per heavy atom. The van der Waals surface area contributed by atoms with Crippen molar-refractivity contribution in [1.82, 2.24) is 0 Å². The molecule has 1 aromatic carbocycles. The van der Waals surface area contributed by atoms with Crippen LogP contribution in [0.3, 0.4) is 0 Å². The lowest BCUT2D eigenvalue weighted by Crippen LogP contribution is -2.18. The third-order valence-electron chi connectivity index (χ3n) is 3.26. The average molecular weight is 307 g/mol. The van der Waals surface area contributed by atoms with Gasteiger partial charge in [0.05, 0.1) is 4.47 Å². The van der Waals surface area contributed by atoms with E-state index in [1.807, 2.05) is 12.1 Å². The molecule has 0 aliphatic heterocycles. The standard InChI is InChI=1S/C12H16BrNO.ClH/c13-10-7-9(5-6-11(10)15)12(14)8-3-1-2-4-8;/h5-8,12,15H,1-4,14H2;1H/t12-;/m1./s1. The number of benzene rings is 1. The molecule has 1 aromatic rings. The zero-order valence-corrected chi connectivity index (χ0v) is 11.4. The summed E-state index contributed by atoms with van der Waals surface area (Å²) in [5.74, 6) is 0.888. The number of nitrogens with two attached hydrogens (primary N) is 1. The fourth-order valence-corrected chi connectivity index (χ4v) is 2.72. The van der Waals surface area contributed by atoms with Gasteiger partial charge in [-0.2, -0.15) is 0 Å². The maximum Gasteiger partial charge on any atom is 0.129 e. The van der Waals surface area contributed by atoms with Crippen LogP contribution in [0.25, 0.3) is 0 Å². The SMILES string of the molecule is Cl.N[C@@H](c1ccc(O)c(Br)c1)C1CCCC1. The maximum atomic E-state index is 9.40. The average Bonchev–Trinajstić information content (AvgIpc) is 2.74. The molecule has 1 aliphatic carbocycles. The van der Waals surface area contributed by atoms with E-state index in [0.29, 0.717) is 5.92 Å². The minimum atomic E-state index is 0. The quantitative estimate of drug-likeness (QED) is 0.874. The molecule has 16 heavy (non-hydrogen) atoms. The van der Waals surface area contributed by atoms with E-state index in [9.17, 15) is 5.11 Å². The first-order chi connectivity index (χ1) is 7.18. The number of hydrogen-bond acceptors (Lipinski definition) is 2. The van der Waals surface area contributed by atoms with E-state index in [0.717, 1.165) is 10.0 Å². The number of hydrogen-bond donors (Lipinski definition) is 2. The zero-order valence-electron chi connectivity index (χ0n) is 9.03. The molecule has 1 aliphatic rings. The smallest absolute Gasteiger partial charge is 0.129 e. The van der Waals surface area contributed by atoms with Crippen molar-refractivity contribution in [1.29, 1.82) is 0 Å². The first-order valence-corrected chi connectivity index (χ1v) is 6.22. The Bertz CT molecular complexity index is 353. The first-order valence-electron chi connectivity index (χ1n) is 5.42. The largest absolute Gasteiger partial charge is 0.507 e. The van der Waals surface area contributed by atoms with Gasteiger partial charge >= 0.3 is 0 Å². The van der Waals surface area contributed by atoms with E-state index in [2.05, 4.69) is 15.9 Å². The second-order valence-corrected chi connectivity index (χ2v) is 5.14. The summed E-state index contributed by atoms with van der Waals surface area (Å²) >= 11 is 3.32. The van der Waals surface area contributed by atoms with Crippen molar-refractivity contribution >= 4 is 28.3 Å². The van der Waals surface area contributed by atoms with Crippen LogP contribution >= 0.6 is 28.3 Å². The lowest BCUT2D eigenvalue weighted by atomic mass is 9.92. The van der Waals surface area contributed by atoms with Gasteiger partial charge in [-0.3, -0.25) is 0 Å². The van der Waals surface area contributed by atoms with Crippen LogP contribution in [-0.4, -0.2) is 5.11 Å². The normalized spacial score (nSPS) is 18.1. The summed E-state index contributed by atoms with van der Waals surface area (Å²) < 4.78 is 0.730. The van der Waals surface area contributed by atoms with Crippen molar-refractivity contribution in [3.63, 3.8) is 0 Å². The highest BCUT2D eigenvalue weighted by atomic mass is 79.9. The van der Waals surface area contributed by atoms with Crippen LogP contribution in [0.4, 0.5) is 0 Å². The minimum absolute atomic E-state index is 0. The highest BCUT2D eigenvalue weighted by molar-refractivity contribution is 9.10. The highest BCUT2D eigenvalue weighted by Crippen LogP contribution is 2.36. The molecular weight excluding hydrogens is 289 g/mol. The Morgan fingerprint density at radius 3 is 2.50 bits per heavy atom. The lowest BCUT2D eigenvalue weighted by molar-refractivity contribution is 0.442. The van der Waals surface area contributed by atoms with Gasteiger partial charge in [0.15, 0.2) is 0 Å². The highest BCUT2D eigenvalue weighted by Gasteiger charge is 2.23. The summed E-state index contributed by atoms with van der Waals surface area (Å²) in [6, 6.07) is 5.67. The summed E-state index contributed by atoms with van der Waals surface area (Å²) in [6.45, 7) is 0. The third-order valence-corrected chi connectivity index (χ3v) is 3.90. The van der Waals surface area contributed by atoms with Crippen LogP contribution in [0.1, 0.15) is 37.3 Å². The number of phenolic OH excluding ortho intramolecular Hbond substituents is 1. The topological polar surface area (TPSA) is 46.2 Å². The van der Waals surface area contributed by atoms with Gasteiger partial charge in [0.25, 0.3) is 0 Å². The molecule has 90 valence electrons. The molecule has 3 N–H and O–H groups in total. The van der Waals surface area contributed by atoms with Crippen molar-refractivity contribution in [2.45, 2.75) is 31.7 Å². The number of halogens is 2. The van der Waals surface area contributed by atoms with Gasteiger partial charge in [0, 0.05) is 6.04 Å². The van der Waals surface area contributed by atoms with Crippen LogP contribution in [0, 0.1) is 5.92 Å². The molecule has 4 heteroatoms. The second-order valence-electron chi connectivity index (χ2n) is 4.28. The van der Waals surface area contributed by atoms with Crippen LogP contribution in [0.15, 0.2) is 22.7 Å². The Hall–Kier alpha value is -0.250. The van der Waals surface area contributed by atoms with Crippen molar-refractivity contribution in [2.24, 2.45) is 11.7 Å². The Kier molecular flexibility index (Phi) is 5.09. The fraction of sp³-hybridized carbons (Fsp3) is 0.500. The summed E-state index contributed by atoms with van der Waals surface area (Å²) in [4.78, 5) is 0. The Balaban J connectivity index is 0.00000128. The molecule has 0 aromatic heterocycles. The fourth-order valence-electron chi connectivity index (χ4n) is 2.32. The third kappa shape index (κ3) is 2.90. The molecule has 0 amide bonds. The van der Waals surface area contributed by atoms with Gasteiger partial charge in [0.1, 0.15) is 5.75 Å². The predicted molar refractivity (Wildman–Crippen MR) is 71.9 cm³/mol. The summed E-state index contributed by atoms with van der Waals surface area (Å²) in [7, 11) is 0. The van der Waals surface area contributed by atoms with Crippen LogP contribution < -0.4 is 5.73 Å². The van der Waals surface area contributed by atoms with Gasteiger partial charge in [-0.15, -0.1) is 12.4 Å². The van der Waals surface area contributed by atoms with Crippen LogP contribution in [-0.2, 0) is 0 Å². The van der Waals surface area contributed by atoms with Crippen molar-refractivity contribution in [2.75, 3.05) is 0 Å². The van der Waals surface area contributed by atoms with Crippen LogP contribution in [0.2, 0.25) is 0 Å². The monoisotopic (exact) mass is 305 g/mol.